The number of rotatable bonds is 7. The summed E-state index contributed by atoms with van der Waals surface area (Å²) >= 11 is 0. The van der Waals surface area contributed by atoms with E-state index in [0.29, 0.717) is 0 Å². The molecule has 4 N–H and O–H groups in total. The van der Waals surface area contributed by atoms with Crippen LogP contribution in [0.3, 0.4) is 0 Å². The predicted molar refractivity (Wildman–Crippen MR) is 83.0 cm³/mol. The van der Waals surface area contributed by atoms with Crippen LogP contribution in [0.25, 0.3) is 0 Å². The zero-order valence-electron chi connectivity index (χ0n) is 11.4. The van der Waals surface area contributed by atoms with E-state index in [1.54, 1.807) is 0 Å². The maximum Gasteiger partial charge on any atom is 0.238 e. The van der Waals surface area contributed by atoms with Gasteiger partial charge in [-0.05, 0) is 26.9 Å². The Balaban J connectivity index is 3.88. The largest absolute Gasteiger partial charge is 0.576 e. The van der Waals surface area contributed by atoms with E-state index < -0.39 is 10.5 Å². The van der Waals surface area contributed by atoms with Gasteiger partial charge in [0.25, 0.3) is 0 Å². The number of quaternary nitrogens is 2. The fourth-order valence-corrected chi connectivity index (χ4v) is 1.75. The topological polar surface area (TPSA) is 140 Å². The molecule has 1 aromatic carbocycles. The first-order chi connectivity index (χ1) is 9.98. The van der Waals surface area contributed by atoms with E-state index in [4.69, 9.17) is 5.73 Å². The number of nitrogens with one attached hydrogen (secondary N) is 2. The molecule has 21 heavy (non-hydrogen) atoms. The Hall–Kier alpha value is -2.50. The summed E-state index contributed by atoms with van der Waals surface area (Å²) in [6.07, 6.45) is 0. The molecule has 0 amide bonds. The van der Waals surface area contributed by atoms with Crippen molar-refractivity contribution in [1.82, 2.24) is 0 Å². The second kappa shape index (κ2) is 6.78. The summed E-state index contributed by atoms with van der Waals surface area (Å²) in [4.78, 5) is 19.2. The first kappa shape index (κ1) is 16.6. The van der Waals surface area contributed by atoms with Crippen LogP contribution in [0.2, 0.25) is 0 Å². The molecule has 1 rings (SSSR count). The Morgan fingerprint density at radius 1 is 0.905 bits per heavy atom. The molecule has 0 aliphatic heterocycles. The first-order valence-corrected chi connectivity index (χ1v) is 5.47. The average molecular weight is 293 g/mol. The highest BCUT2D eigenvalue weighted by atomic mass is 17.0. The van der Waals surface area contributed by atoms with Gasteiger partial charge < -0.3 is 16.1 Å². The van der Waals surface area contributed by atoms with E-state index in [9.17, 15) is 10.4 Å². The van der Waals surface area contributed by atoms with Gasteiger partial charge in [0.2, 0.25) is 5.69 Å². The Kier molecular flexibility index (Phi) is 5.35. The van der Waals surface area contributed by atoms with Crippen molar-refractivity contribution in [3.8, 4) is 0 Å². The van der Waals surface area contributed by atoms with Crippen molar-refractivity contribution >= 4 is 61.0 Å². The molecule has 0 aliphatic carbocycles. The lowest BCUT2D eigenvalue weighted by molar-refractivity contribution is -1.52. The molecule has 10 nitrogen and oxygen atoms in total. The van der Waals surface area contributed by atoms with Gasteiger partial charge in [-0.2, -0.15) is 4.84 Å². The Bertz CT molecular complexity index is 602. The lowest BCUT2D eigenvalue weighted by Gasteiger charge is -2.30. The molecule has 0 spiro atoms. The second-order valence-corrected chi connectivity index (χ2v) is 3.64. The minimum absolute atomic E-state index is 0.0259. The summed E-state index contributed by atoms with van der Waals surface area (Å²) in [6.45, 7) is 13.4. The molecule has 0 fully saturated rings. The van der Waals surface area contributed by atoms with Gasteiger partial charge in [-0.15, -0.1) is 5.17 Å². The normalized spacial score (nSPS) is 13.3. The van der Waals surface area contributed by atoms with Crippen LogP contribution in [-0.2, 0) is 4.84 Å². The molecule has 10 heteroatoms. The van der Waals surface area contributed by atoms with E-state index in [1.165, 1.54) is 0 Å². The van der Waals surface area contributed by atoms with Crippen molar-refractivity contribution in [2.24, 2.45) is 20.0 Å². The number of benzene rings is 1. The lowest BCUT2D eigenvalue weighted by atomic mass is 10.1. The molecule has 0 radical (unpaired) electrons. The van der Waals surface area contributed by atoms with Crippen molar-refractivity contribution in [3.63, 3.8) is 0 Å². The lowest BCUT2D eigenvalue weighted by Crippen LogP contribution is -3.53. The first-order valence-electron chi connectivity index (χ1n) is 5.47. The molecule has 1 aromatic rings. The summed E-state index contributed by atoms with van der Waals surface area (Å²) in [5, 5.41) is 21.5. The molecule has 0 saturated heterocycles. The monoisotopic (exact) mass is 293 g/mol. The molecule has 0 saturated carbocycles. The Labute approximate surface area is 120 Å². The number of nitrogens with zero attached hydrogens (tertiary/aromatic N) is 4. The van der Waals surface area contributed by atoms with Crippen LogP contribution in [-0.4, -0.2) is 34.0 Å². The van der Waals surface area contributed by atoms with Crippen molar-refractivity contribution in [1.29, 1.82) is 0 Å². The molecule has 0 bridgehead atoms. The van der Waals surface area contributed by atoms with Gasteiger partial charge in [0.1, 0.15) is 18.5 Å². The molecule has 2 unspecified atom stereocenters. The fourth-order valence-electron chi connectivity index (χ4n) is 1.75. The molecular weight excluding hydrogens is 278 g/mol. The van der Waals surface area contributed by atoms with Gasteiger partial charge in [-0.3, -0.25) is 20.0 Å². The Morgan fingerprint density at radius 3 is 1.76 bits per heavy atom. The molecule has 2 atom stereocenters. The molecular formula is C11H15N7O3. The van der Waals surface area contributed by atoms with E-state index in [1.807, 2.05) is 0 Å². The van der Waals surface area contributed by atoms with Crippen LogP contribution in [0.15, 0.2) is 20.0 Å². The van der Waals surface area contributed by atoms with Crippen molar-refractivity contribution in [3.05, 3.63) is 10.4 Å². The summed E-state index contributed by atoms with van der Waals surface area (Å²) in [6, 6.07) is 0. The molecule has 0 aromatic heterocycles. The Morgan fingerprint density at radius 2 is 1.38 bits per heavy atom. The number of nitrogen functional groups attached to an aromatic ring is 1. The second-order valence-electron chi connectivity index (χ2n) is 3.64. The van der Waals surface area contributed by atoms with Crippen LogP contribution < -0.4 is 16.2 Å². The highest BCUT2D eigenvalue weighted by Crippen LogP contribution is 2.51. The van der Waals surface area contributed by atoms with Gasteiger partial charge in [0.15, 0.2) is 11.4 Å². The van der Waals surface area contributed by atoms with Crippen LogP contribution in [0.5, 0.6) is 0 Å². The maximum atomic E-state index is 12.1. The average Bonchev–Trinajstić information content (AvgIpc) is 2.51. The number of aliphatic imine (C=N–C) groups is 4. The van der Waals surface area contributed by atoms with Gasteiger partial charge >= 0.3 is 0 Å². The van der Waals surface area contributed by atoms with Gasteiger partial charge in [0, 0.05) is 0 Å². The van der Waals surface area contributed by atoms with E-state index in [2.05, 4.69) is 51.7 Å². The van der Waals surface area contributed by atoms with E-state index in [-0.39, 0.29) is 34.1 Å². The highest BCUT2D eigenvalue weighted by molar-refractivity contribution is 6.01. The highest BCUT2D eigenvalue weighted by Gasteiger charge is 2.29. The molecule has 0 heterocycles. The van der Waals surface area contributed by atoms with E-state index in [0.717, 1.165) is 7.11 Å². The molecule has 112 valence electrons. The third kappa shape index (κ3) is 2.69. The third-order valence-electron chi connectivity index (χ3n) is 2.66. The fraction of sp³-hybridized carbons (Fsp3) is 0.0909. The predicted octanol–water partition coefficient (Wildman–Crippen LogP) is -0.529. The van der Waals surface area contributed by atoms with Crippen LogP contribution in [0, 0.1) is 10.4 Å². The van der Waals surface area contributed by atoms with Gasteiger partial charge in [-0.1, -0.05) is 5.34 Å². The number of anilines is 1. The van der Waals surface area contributed by atoms with E-state index >= 15 is 0 Å². The standard InChI is InChI=1S/C11H15N7O3/c1-13-7-6(12)8(14-2)11(17(19)18(20)21-5)10(16-4)9(7)15-3/h17-18H,1-4,12H2,5H3. The SMILES string of the molecule is C=Nc1c(N)c(N=C)c([NH+]([O-])[NH+]([O-])OC)c(N=C)c1N=C. The van der Waals surface area contributed by atoms with Crippen molar-refractivity contribution < 1.29 is 15.3 Å². The molecule has 0 aliphatic rings. The third-order valence-corrected chi connectivity index (χ3v) is 2.66. The zero-order valence-corrected chi connectivity index (χ0v) is 11.4. The summed E-state index contributed by atoms with van der Waals surface area (Å²) in [5.74, 6) is 0. The van der Waals surface area contributed by atoms with Gasteiger partial charge in [0.05, 0.1) is 5.69 Å². The summed E-state index contributed by atoms with van der Waals surface area (Å²) < 4.78 is 0. The minimum Gasteiger partial charge on any atom is -0.576 e. The number of nitrogens with two attached hydrogens (primary N) is 1. The van der Waals surface area contributed by atoms with Crippen LogP contribution in [0.4, 0.5) is 34.1 Å². The van der Waals surface area contributed by atoms with Crippen LogP contribution >= 0.6 is 0 Å². The maximum absolute atomic E-state index is 12.1. The summed E-state index contributed by atoms with van der Waals surface area (Å²) in [7, 11) is 1.07. The number of hydrogen-bond acceptors (Lipinski definition) is 8. The smallest absolute Gasteiger partial charge is 0.238 e. The van der Waals surface area contributed by atoms with Gasteiger partial charge in [-0.25, -0.2) is 0 Å². The quantitative estimate of drug-likeness (QED) is 0.353. The summed E-state index contributed by atoms with van der Waals surface area (Å²) in [5.41, 5.74) is 5.69. The van der Waals surface area contributed by atoms with Crippen molar-refractivity contribution in [2.45, 2.75) is 0 Å². The zero-order chi connectivity index (χ0) is 16.2. The minimum atomic E-state index is -1.11. The van der Waals surface area contributed by atoms with Crippen LogP contribution in [0.1, 0.15) is 0 Å². The van der Waals surface area contributed by atoms with Crippen molar-refractivity contribution in [2.75, 3.05) is 12.8 Å². The number of hydrogen-bond donors (Lipinski definition) is 3.